The maximum Gasteiger partial charge on any atom is 0.323 e. The van der Waals surface area contributed by atoms with Crippen molar-refractivity contribution in [2.24, 2.45) is 11.3 Å². The van der Waals surface area contributed by atoms with Gasteiger partial charge in [-0.15, -0.1) is 0 Å². The molecule has 0 aromatic rings. The fourth-order valence-corrected chi connectivity index (χ4v) is 1.49. The van der Waals surface area contributed by atoms with E-state index in [2.05, 4.69) is 4.74 Å². The molecule has 0 rings (SSSR count). The molecule has 0 saturated carbocycles. The van der Waals surface area contributed by atoms with E-state index < -0.39 is 17.4 Å². The average molecular weight is 230 g/mol. The third-order valence-corrected chi connectivity index (χ3v) is 2.72. The number of carbonyl (C=O) groups is 2. The highest BCUT2D eigenvalue weighted by molar-refractivity contribution is 5.99. The van der Waals surface area contributed by atoms with Crippen molar-refractivity contribution >= 4 is 11.9 Å². The van der Waals surface area contributed by atoms with Crippen LogP contribution < -0.4 is 0 Å². The molecule has 0 bridgehead atoms. The Kier molecular flexibility index (Phi) is 6.08. The Hall–Kier alpha value is -1.06. The second-order valence-corrected chi connectivity index (χ2v) is 4.27. The topological polar surface area (TPSA) is 52.6 Å². The van der Waals surface area contributed by atoms with Crippen molar-refractivity contribution < 1.29 is 19.1 Å². The number of carbonyl (C=O) groups excluding carboxylic acids is 2. The van der Waals surface area contributed by atoms with E-state index in [-0.39, 0.29) is 5.92 Å². The number of methoxy groups -OCH3 is 1. The Bertz CT molecular complexity index is 241. The lowest BCUT2D eigenvalue weighted by molar-refractivity contribution is -0.172. The van der Waals surface area contributed by atoms with Crippen LogP contribution in [0.1, 0.15) is 40.5 Å². The van der Waals surface area contributed by atoms with Crippen LogP contribution in [-0.4, -0.2) is 25.7 Å². The van der Waals surface area contributed by atoms with Crippen LogP contribution in [0.4, 0.5) is 0 Å². The lowest BCUT2D eigenvalue weighted by Gasteiger charge is -2.26. The van der Waals surface area contributed by atoms with Crippen molar-refractivity contribution in [1.29, 1.82) is 0 Å². The van der Waals surface area contributed by atoms with Crippen LogP contribution in [0.5, 0.6) is 0 Å². The summed E-state index contributed by atoms with van der Waals surface area (Å²) in [5, 5.41) is 0. The Balaban J connectivity index is 4.76. The predicted octanol–water partition coefficient (Wildman–Crippen LogP) is 2.17. The van der Waals surface area contributed by atoms with Crippen LogP contribution >= 0.6 is 0 Å². The van der Waals surface area contributed by atoms with E-state index in [1.165, 1.54) is 7.11 Å². The number of hydrogen-bond donors (Lipinski definition) is 0. The SMILES string of the molecule is CCC(CC)(C(=O)OC)C(=O)OCC(C)C. The fraction of sp³-hybridized carbons (Fsp3) is 0.833. The number of rotatable bonds is 6. The minimum atomic E-state index is -1.14. The number of esters is 2. The third kappa shape index (κ3) is 3.22. The molecule has 0 radical (unpaired) electrons. The molecule has 0 spiro atoms. The first-order valence-corrected chi connectivity index (χ1v) is 5.70. The second-order valence-electron chi connectivity index (χ2n) is 4.27. The average Bonchev–Trinajstić information content (AvgIpc) is 2.28. The molecule has 0 N–H and O–H groups in total. The van der Waals surface area contributed by atoms with Crippen LogP contribution in [0.3, 0.4) is 0 Å². The summed E-state index contributed by atoms with van der Waals surface area (Å²) in [4.78, 5) is 23.6. The Morgan fingerprint density at radius 3 is 1.94 bits per heavy atom. The van der Waals surface area contributed by atoms with E-state index in [9.17, 15) is 9.59 Å². The highest BCUT2D eigenvalue weighted by atomic mass is 16.6. The van der Waals surface area contributed by atoms with Crippen molar-refractivity contribution in [3.8, 4) is 0 Å². The molecule has 0 amide bonds. The summed E-state index contributed by atoms with van der Waals surface area (Å²) in [7, 11) is 1.29. The Morgan fingerprint density at radius 2 is 1.62 bits per heavy atom. The molecule has 0 aromatic carbocycles. The Morgan fingerprint density at radius 1 is 1.12 bits per heavy atom. The van der Waals surface area contributed by atoms with Gasteiger partial charge < -0.3 is 9.47 Å². The van der Waals surface area contributed by atoms with Gasteiger partial charge in [-0.3, -0.25) is 9.59 Å². The minimum Gasteiger partial charge on any atom is -0.468 e. The molecule has 0 unspecified atom stereocenters. The molecule has 4 heteroatoms. The molecule has 0 heterocycles. The van der Waals surface area contributed by atoms with E-state index in [1.807, 2.05) is 13.8 Å². The van der Waals surface area contributed by atoms with Crippen molar-refractivity contribution in [2.45, 2.75) is 40.5 Å². The van der Waals surface area contributed by atoms with Gasteiger partial charge in [0.1, 0.15) is 0 Å². The summed E-state index contributed by atoms with van der Waals surface area (Å²) >= 11 is 0. The van der Waals surface area contributed by atoms with Crippen molar-refractivity contribution in [2.75, 3.05) is 13.7 Å². The zero-order valence-corrected chi connectivity index (χ0v) is 10.8. The summed E-state index contributed by atoms with van der Waals surface area (Å²) < 4.78 is 9.82. The van der Waals surface area contributed by atoms with Gasteiger partial charge in [0, 0.05) is 0 Å². The van der Waals surface area contributed by atoms with Crippen LogP contribution in [-0.2, 0) is 19.1 Å². The van der Waals surface area contributed by atoms with Crippen molar-refractivity contribution in [3.63, 3.8) is 0 Å². The molecule has 16 heavy (non-hydrogen) atoms. The van der Waals surface area contributed by atoms with Gasteiger partial charge in [-0.2, -0.15) is 0 Å². The highest BCUT2D eigenvalue weighted by Crippen LogP contribution is 2.29. The molecule has 0 aliphatic carbocycles. The van der Waals surface area contributed by atoms with Crippen molar-refractivity contribution in [1.82, 2.24) is 0 Å². The summed E-state index contributed by atoms with van der Waals surface area (Å²) in [6.07, 6.45) is 0.792. The normalized spacial score (nSPS) is 11.4. The number of ether oxygens (including phenoxy) is 2. The van der Waals surface area contributed by atoms with Crippen molar-refractivity contribution in [3.05, 3.63) is 0 Å². The van der Waals surface area contributed by atoms with Crippen LogP contribution in [0.2, 0.25) is 0 Å². The van der Waals surface area contributed by atoms with Gasteiger partial charge in [-0.05, 0) is 18.8 Å². The largest absolute Gasteiger partial charge is 0.468 e. The lowest BCUT2D eigenvalue weighted by Crippen LogP contribution is -2.41. The Labute approximate surface area is 97.3 Å². The maximum atomic E-state index is 11.9. The molecule has 0 fully saturated rings. The summed E-state index contributed by atoms with van der Waals surface area (Å²) in [5.74, 6) is -0.725. The van der Waals surface area contributed by atoms with E-state index in [0.29, 0.717) is 19.4 Å². The summed E-state index contributed by atoms with van der Waals surface area (Å²) in [5.41, 5.74) is -1.14. The van der Waals surface area contributed by atoms with Gasteiger partial charge in [0.05, 0.1) is 13.7 Å². The van der Waals surface area contributed by atoms with Gasteiger partial charge in [0.2, 0.25) is 0 Å². The highest BCUT2D eigenvalue weighted by Gasteiger charge is 2.45. The molecule has 94 valence electrons. The van der Waals surface area contributed by atoms with Gasteiger partial charge in [0.25, 0.3) is 0 Å². The summed E-state index contributed by atoms with van der Waals surface area (Å²) in [6, 6.07) is 0. The van der Waals surface area contributed by atoms with E-state index in [0.717, 1.165) is 0 Å². The predicted molar refractivity (Wildman–Crippen MR) is 60.8 cm³/mol. The molecule has 0 aromatic heterocycles. The zero-order valence-electron chi connectivity index (χ0n) is 10.8. The van der Waals surface area contributed by atoms with Gasteiger partial charge in [-0.1, -0.05) is 27.7 Å². The van der Waals surface area contributed by atoms with Gasteiger partial charge in [0.15, 0.2) is 5.41 Å². The second kappa shape index (κ2) is 6.51. The lowest BCUT2D eigenvalue weighted by atomic mass is 9.82. The maximum absolute atomic E-state index is 11.9. The monoisotopic (exact) mass is 230 g/mol. The van der Waals surface area contributed by atoms with Gasteiger partial charge >= 0.3 is 11.9 Å². The first-order valence-electron chi connectivity index (χ1n) is 5.70. The molecule has 4 nitrogen and oxygen atoms in total. The van der Waals surface area contributed by atoms with Crippen LogP contribution in [0.25, 0.3) is 0 Å². The molecular formula is C12H22O4. The number of hydrogen-bond acceptors (Lipinski definition) is 4. The third-order valence-electron chi connectivity index (χ3n) is 2.72. The van der Waals surface area contributed by atoms with Gasteiger partial charge in [-0.25, -0.2) is 0 Å². The van der Waals surface area contributed by atoms with E-state index >= 15 is 0 Å². The van der Waals surface area contributed by atoms with Crippen LogP contribution in [0.15, 0.2) is 0 Å². The first kappa shape index (κ1) is 14.9. The smallest absolute Gasteiger partial charge is 0.323 e. The van der Waals surface area contributed by atoms with Crippen LogP contribution in [0, 0.1) is 11.3 Å². The fourth-order valence-electron chi connectivity index (χ4n) is 1.49. The molecule has 0 atom stereocenters. The molecular weight excluding hydrogens is 208 g/mol. The molecule has 0 aliphatic heterocycles. The van der Waals surface area contributed by atoms with E-state index in [1.54, 1.807) is 13.8 Å². The quantitative estimate of drug-likeness (QED) is 0.518. The molecule has 0 aliphatic rings. The first-order chi connectivity index (χ1) is 7.44. The minimum absolute atomic E-state index is 0.257. The van der Waals surface area contributed by atoms with E-state index in [4.69, 9.17) is 4.74 Å². The standard InChI is InChI=1S/C12H22O4/c1-6-12(7-2,10(13)15-5)11(14)16-8-9(3)4/h9H,6-8H2,1-5H3. The summed E-state index contributed by atoms with van der Waals surface area (Å²) in [6.45, 7) is 7.81. The zero-order chi connectivity index (χ0) is 12.8. The molecule has 0 saturated heterocycles.